The molecule has 0 aliphatic heterocycles. The van der Waals surface area contributed by atoms with Crippen LogP contribution in [-0.2, 0) is 4.79 Å². The number of rotatable bonds is 9. The predicted octanol–water partition coefficient (Wildman–Crippen LogP) is 4.63. The Hall–Kier alpha value is -3.95. The van der Waals surface area contributed by atoms with Gasteiger partial charge in [0.15, 0.2) is 11.5 Å². The summed E-state index contributed by atoms with van der Waals surface area (Å²) in [4.78, 5) is 36.4. The monoisotopic (exact) mass is 531 g/mol. The molecule has 36 heavy (non-hydrogen) atoms. The molecule has 3 rings (SSSR count). The summed E-state index contributed by atoms with van der Waals surface area (Å²) >= 11 is 11.9. The second-order valence-electron chi connectivity index (χ2n) is 7.14. The molecule has 0 unspecified atom stereocenters. The molecular weight excluding hydrogens is 512 g/mol. The number of ether oxygens (including phenoxy) is 2. The summed E-state index contributed by atoms with van der Waals surface area (Å²) in [5.41, 5.74) is 3.18. The highest BCUT2D eigenvalue weighted by Gasteiger charge is 2.16. The van der Waals surface area contributed by atoms with Crippen molar-refractivity contribution in [2.45, 2.75) is 6.92 Å². The summed E-state index contributed by atoms with van der Waals surface area (Å²) in [6, 6.07) is 14.0. The van der Waals surface area contributed by atoms with Crippen LogP contribution in [0.3, 0.4) is 0 Å². The SMILES string of the molecule is CCOc1cc(C=NNC(=O)CNC(=O)c2ccc(F)cc2)ccc1OC(=O)c1ccc(Cl)cc1Cl. The van der Waals surface area contributed by atoms with Crippen LogP contribution in [0.4, 0.5) is 4.39 Å². The summed E-state index contributed by atoms with van der Waals surface area (Å²) in [6.45, 7) is 1.74. The molecule has 0 spiro atoms. The molecule has 0 bridgehead atoms. The van der Waals surface area contributed by atoms with E-state index in [1.54, 1.807) is 19.1 Å². The fourth-order valence-corrected chi connectivity index (χ4v) is 3.34. The van der Waals surface area contributed by atoms with Gasteiger partial charge in [-0.3, -0.25) is 9.59 Å². The molecule has 186 valence electrons. The molecule has 3 aromatic carbocycles. The maximum Gasteiger partial charge on any atom is 0.345 e. The zero-order valence-electron chi connectivity index (χ0n) is 18.9. The average Bonchev–Trinajstić information content (AvgIpc) is 2.84. The van der Waals surface area contributed by atoms with Gasteiger partial charge < -0.3 is 14.8 Å². The van der Waals surface area contributed by atoms with Crippen LogP contribution >= 0.6 is 23.2 Å². The van der Waals surface area contributed by atoms with E-state index in [4.69, 9.17) is 32.7 Å². The van der Waals surface area contributed by atoms with E-state index in [1.807, 2.05) is 0 Å². The number of nitrogens with one attached hydrogen (secondary N) is 2. The normalized spacial score (nSPS) is 10.7. The third-order valence-electron chi connectivity index (χ3n) is 4.54. The van der Waals surface area contributed by atoms with E-state index >= 15 is 0 Å². The first-order chi connectivity index (χ1) is 17.3. The second-order valence-corrected chi connectivity index (χ2v) is 7.98. The highest BCUT2D eigenvalue weighted by molar-refractivity contribution is 6.36. The molecule has 0 aliphatic carbocycles. The number of amides is 2. The van der Waals surface area contributed by atoms with Crippen LogP contribution in [-0.4, -0.2) is 37.1 Å². The Labute approximate surface area is 216 Å². The van der Waals surface area contributed by atoms with Crippen molar-refractivity contribution in [2.24, 2.45) is 5.10 Å². The van der Waals surface area contributed by atoms with Crippen molar-refractivity contribution in [1.82, 2.24) is 10.7 Å². The largest absolute Gasteiger partial charge is 0.490 e. The molecular formula is C25H20Cl2FN3O5. The van der Waals surface area contributed by atoms with E-state index in [0.29, 0.717) is 17.2 Å². The number of hydrogen-bond acceptors (Lipinski definition) is 6. The van der Waals surface area contributed by atoms with Crippen molar-refractivity contribution in [3.63, 3.8) is 0 Å². The van der Waals surface area contributed by atoms with Crippen molar-refractivity contribution in [3.05, 3.63) is 93.2 Å². The molecule has 2 amide bonds. The molecule has 0 fully saturated rings. The summed E-state index contributed by atoms with van der Waals surface area (Å²) in [7, 11) is 0. The Morgan fingerprint density at radius 1 is 1.00 bits per heavy atom. The molecule has 0 atom stereocenters. The minimum atomic E-state index is -0.686. The zero-order chi connectivity index (χ0) is 26.1. The number of nitrogens with zero attached hydrogens (tertiary/aromatic N) is 1. The highest BCUT2D eigenvalue weighted by Crippen LogP contribution is 2.30. The van der Waals surface area contributed by atoms with Crippen molar-refractivity contribution >= 4 is 47.2 Å². The summed E-state index contributed by atoms with van der Waals surface area (Å²) < 4.78 is 23.9. The molecule has 0 radical (unpaired) electrons. The van der Waals surface area contributed by atoms with Gasteiger partial charge in [-0.15, -0.1) is 0 Å². The Balaban J connectivity index is 1.59. The minimum absolute atomic E-state index is 0.142. The quantitative estimate of drug-likeness (QED) is 0.181. The van der Waals surface area contributed by atoms with Crippen molar-refractivity contribution in [1.29, 1.82) is 0 Å². The van der Waals surface area contributed by atoms with Crippen LogP contribution < -0.4 is 20.2 Å². The molecule has 0 aliphatic rings. The second kappa shape index (κ2) is 12.7. The molecule has 3 aromatic rings. The first-order valence-corrected chi connectivity index (χ1v) is 11.3. The number of benzene rings is 3. The standard InChI is InChI=1S/C25H20Cl2FN3O5/c1-2-35-22-11-15(3-10-21(22)36-25(34)19-9-6-17(26)12-20(19)27)13-30-31-23(32)14-29-24(33)16-4-7-18(28)8-5-16/h3-13H,2,14H2,1H3,(H,29,33)(H,31,32). The third kappa shape index (κ3) is 7.53. The Kier molecular flexibility index (Phi) is 9.38. The first kappa shape index (κ1) is 26.7. The van der Waals surface area contributed by atoms with Gasteiger partial charge in [0.1, 0.15) is 5.82 Å². The number of hydrazone groups is 1. The summed E-state index contributed by atoms with van der Waals surface area (Å²) in [5, 5.41) is 6.79. The molecule has 0 saturated carbocycles. The predicted molar refractivity (Wildman–Crippen MR) is 134 cm³/mol. The lowest BCUT2D eigenvalue weighted by molar-refractivity contribution is -0.120. The summed E-state index contributed by atoms with van der Waals surface area (Å²) in [6.07, 6.45) is 1.35. The van der Waals surface area contributed by atoms with E-state index in [2.05, 4.69) is 15.8 Å². The third-order valence-corrected chi connectivity index (χ3v) is 5.09. The van der Waals surface area contributed by atoms with Crippen LogP contribution in [0, 0.1) is 5.82 Å². The van der Waals surface area contributed by atoms with Gasteiger partial charge in [0.2, 0.25) is 0 Å². The molecule has 2 N–H and O–H groups in total. The fraction of sp³-hybridized carbons (Fsp3) is 0.120. The van der Waals surface area contributed by atoms with E-state index in [-0.39, 0.29) is 34.2 Å². The van der Waals surface area contributed by atoms with Crippen LogP contribution in [0.5, 0.6) is 11.5 Å². The van der Waals surface area contributed by atoms with Gasteiger partial charge in [-0.2, -0.15) is 5.10 Å². The number of carbonyl (C=O) groups excluding carboxylic acids is 3. The van der Waals surface area contributed by atoms with Gasteiger partial charge in [-0.25, -0.2) is 14.6 Å². The maximum atomic E-state index is 12.9. The number of hydrogen-bond donors (Lipinski definition) is 2. The lowest BCUT2D eigenvalue weighted by Gasteiger charge is -2.12. The molecule has 11 heteroatoms. The zero-order valence-corrected chi connectivity index (χ0v) is 20.4. The number of halogens is 3. The molecule has 0 saturated heterocycles. The van der Waals surface area contributed by atoms with Crippen molar-refractivity contribution < 1.29 is 28.2 Å². The van der Waals surface area contributed by atoms with Crippen LogP contribution in [0.15, 0.2) is 65.8 Å². The van der Waals surface area contributed by atoms with Crippen LogP contribution in [0.25, 0.3) is 0 Å². The van der Waals surface area contributed by atoms with Gasteiger partial charge >= 0.3 is 5.97 Å². The van der Waals surface area contributed by atoms with Gasteiger partial charge in [0, 0.05) is 10.6 Å². The van der Waals surface area contributed by atoms with Gasteiger partial charge in [0.05, 0.1) is 30.0 Å². The van der Waals surface area contributed by atoms with Crippen LogP contribution in [0.1, 0.15) is 33.2 Å². The van der Waals surface area contributed by atoms with Gasteiger partial charge in [0.25, 0.3) is 11.8 Å². The summed E-state index contributed by atoms with van der Waals surface area (Å²) in [5.74, 6) is -1.81. The van der Waals surface area contributed by atoms with Crippen LogP contribution in [0.2, 0.25) is 10.0 Å². The van der Waals surface area contributed by atoms with E-state index in [9.17, 15) is 18.8 Å². The smallest absolute Gasteiger partial charge is 0.345 e. The van der Waals surface area contributed by atoms with Gasteiger partial charge in [-0.1, -0.05) is 23.2 Å². The van der Waals surface area contributed by atoms with E-state index in [0.717, 1.165) is 12.1 Å². The van der Waals surface area contributed by atoms with Crippen molar-refractivity contribution in [3.8, 4) is 11.5 Å². The lowest BCUT2D eigenvalue weighted by Crippen LogP contribution is -2.34. The maximum absolute atomic E-state index is 12.9. The lowest BCUT2D eigenvalue weighted by atomic mass is 10.2. The van der Waals surface area contributed by atoms with Gasteiger partial charge in [-0.05, 0) is 73.2 Å². The molecule has 0 aromatic heterocycles. The Morgan fingerprint density at radius 3 is 2.44 bits per heavy atom. The first-order valence-electron chi connectivity index (χ1n) is 10.6. The fourth-order valence-electron chi connectivity index (χ4n) is 2.85. The molecule has 0 heterocycles. The Bertz CT molecular complexity index is 1300. The minimum Gasteiger partial charge on any atom is -0.490 e. The number of esters is 1. The number of carbonyl (C=O) groups is 3. The van der Waals surface area contributed by atoms with E-state index in [1.165, 1.54) is 42.6 Å². The molecule has 8 nitrogen and oxygen atoms in total. The topological polar surface area (TPSA) is 106 Å². The Morgan fingerprint density at radius 2 is 1.75 bits per heavy atom. The van der Waals surface area contributed by atoms with Crippen molar-refractivity contribution in [2.75, 3.05) is 13.2 Å². The average molecular weight is 532 g/mol. The highest BCUT2D eigenvalue weighted by atomic mass is 35.5. The van der Waals surface area contributed by atoms with E-state index < -0.39 is 23.6 Å².